The van der Waals surface area contributed by atoms with E-state index in [9.17, 15) is 10.2 Å². The monoisotopic (exact) mass is 290 g/mol. The minimum Gasteiger partial charge on any atom is -0.393 e. The molecule has 4 aliphatic carbocycles. The molecule has 2 heteroatoms. The third kappa shape index (κ3) is 1.84. The maximum Gasteiger partial charge on any atom is 0.0596 e. The molecule has 3 saturated carbocycles. The van der Waals surface area contributed by atoms with Crippen LogP contribution in [-0.4, -0.2) is 22.4 Å². The Morgan fingerprint density at radius 3 is 2.62 bits per heavy atom. The molecule has 3 fully saturated rings. The molecule has 0 radical (unpaired) electrons. The molecule has 4 aliphatic rings. The minimum absolute atomic E-state index is 0.0742. The number of fused-ring (bicyclic) bond motifs is 5. The molecule has 0 spiro atoms. The van der Waals surface area contributed by atoms with Crippen LogP contribution in [0.15, 0.2) is 11.6 Å². The summed E-state index contributed by atoms with van der Waals surface area (Å²) in [5.74, 6) is 2.27. The molecule has 2 N–H and O–H groups in total. The van der Waals surface area contributed by atoms with E-state index >= 15 is 0 Å². The average molecular weight is 290 g/mol. The zero-order valence-electron chi connectivity index (χ0n) is 13.5. The lowest BCUT2D eigenvalue weighted by Crippen LogP contribution is -2.51. The van der Waals surface area contributed by atoms with E-state index in [-0.39, 0.29) is 17.6 Å². The fourth-order valence-electron chi connectivity index (χ4n) is 6.61. The van der Waals surface area contributed by atoms with Gasteiger partial charge in [-0.05, 0) is 80.0 Å². The highest BCUT2D eigenvalue weighted by molar-refractivity contribution is 5.25. The molecule has 2 nitrogen and oxygen atoms in total. The van der Waals surface area contributed by atoms with E-state index in [0.29, 0.717) is 11.3 Å². The van der Waals surface area contributed by atoms with E-state index in [2.05, 4.69) is 19.9 Å². The molecule has 0 unspecified atom stereocenters. The van der Waals surface area contributed by atoms with Gasteiger partial charge in [0, 0.05) is 0 Å². The van der Waals surface area contributed by atoms with Crippen LogP contribution in [0.4, 0.5) is 0 Å². The van der Waals surface area contributed by atoms with Gasteiger partial charge in [-0.15, -0.1) is 0 Å². The molecule has 0 saturated heterocycles. The summed E-state index contributed by atoms with van der Waals surface area (Å²) in [6.07, 6.45) is 11.2. The molecule has 0 aromatic rings. The van der Waals surface area contributed by atoms with Gasteiger partial charge in [0.15, 0.2) is 0 Å². The largest absolute Gasteiger partial charge is 0.393 e. The number of hydrogen-bond donors (Lipinski definition) is 2. The third-order valence-electron chi connectivity index (χ3n) is 8.03. The maximum absolute atomic E-state index is 10.5. The van der Waals surface area contributed by atoms with Crippen molar-refractivity contribution in [1.29, 1.82) is 0 Å². The van der Waals surface area contributed by atoms with E-state index in [1.165, 1.54) is 25.7 Å². The second-order valence-electron chi connectivity index (χ2n) is 8.79. The van der Waals surface area contributed by atoms with Crippen LogP contribution in [-0.2, 0) is 0 Å². The van der Waals surface area contributed by atoms with Gasteiger partial charge in [0.25, 0.3) is 0 Å². The normalized spacial score (nSPS) is 56.2. The third-order valence-corrected chi connectivity index (χ3v) is 8.03. The van der Waals surface area contributed by atoms with E-state index in [1.807, 2.05) is 0 Å². The second kappa shape index (κ2) is 4.58. The summed E-state index contributed by atoms with van der Waals surface area (Å²) in [5, 5.41) is 20.5. The van der Waals surface area contributed by atoms with Crippen molar-refractivity contribution in [3.8, 4) is 0 Å². The van der Waals surface area contributed by atoms with Gasteiger partial charge in [-0.3, -0.25) is 0 Å². The lowest BCUT2D eigenvalue weighted by molar-refractivity contribution is -0.0711. The maximum atomic E-state index is 10.5. The van der Waals surface area contributed by atoms with Crippen molar-refractivity contribution in [1.82, 2.24) is 0 Å². The van der Waals surface area contributed by atoms with Crippen molar-refractivity contribution in [3.63, 3.8) is 0 Å². The highest BCUT2D eigenvalue weighted by Crippen LogP contribution is 2.64. The van der Waals surface area contributed by atoms with Crippen LogP contribution in [0.5, 0.6) is 0 Å². The van der Waals surface area contributed by atoms with Gasteiger partial charge in [-0.25, -0.2) is 0 Å². The Morgan fingerprint density at radius 2 is 1.81 bits per heavy atom. The summed E-state index contributed by atoms with van der Waals surface area (Å²) in [6.45, 7) is 4.81. The van der Waals surface area contributed by atoms with Crippen molar-refractivity contribution in [3.05, 3.63) is 11.6 Å². The number of aliphatic hydroxyl groups excluding tert-OH is 2. The van der Waals surface area contributed by atoms with Crippen LogP contribution in [0.2, 0.25) is 0 Å². The van der Waals surface area contributed by atoms with Gasteiger partial charge in [-0.2, -0.15) is 0 Å². The first-order valence-corrected chi connectivity index (χ1v) is 9.01. The SMILES string of the molecule is C[C@@]12CC[C@@H]3[C@@H](CC=C4C[C@H](O)CC[C@@]43C)[C@H]1CC[C@@H]2O. The number of rotatable bonds is 0. The Bertz CT molecular complexity index is 470. The van der Waals surface area contributed by atoms with E-state index in [0.717, 1.165) is 37.5 Å². The fraction of sp³-hybridized carbons (Fsp3) is 0.895. The van der Waals surface area contributed by atoms with Crippen molar-refractivity contribution < 1.29 is 10.2 Å². The van der Waals surface area contributed by atoms with Gasteiger partial charge in [0.1, 0.15) is 0 Å². The summed E-state index contributed by atoms with van der Waals surface area (Å²) in [5.41, 5.74) is 2.05. The Kier molecular flexibility index (Phi) is 3.11. The average Bonchev–Trinajstić information content (AvgIpc) is 2.76. The van der Waals surface area contributed by atoms with Crippen molar-refractivity contribution in [2.75, 3.05) is 0 Å². The zero-order valence-corrected chi connectivity index (χ0v) is 13.5. The first kappa shape index (κ1) is 14.3. The summed E-state index contributed by atoms with van der Waals surface area (Å²) < 4.78 is 0. The highest BCUT2D eigenvalue weighted by atomic mass is 16.3. The van der Waals surface area contributed by atoms with Crippen LogP contribution in [0.25, 0.3) is 0 Å². The molecule has 0 amide bonds. The lowest BCUT2D eigenvalue weighted by Gasteiger charge is -2.57. The summed E-state index contributed by atoms with van der Waals surface area (Å²) in [4.78, 5) is 0. The van der Waals surface area contributed by atoms with Crippen LogP contribution >= 0.6 is 0 Å². The van der Waals surface area contributed by atoms with Gasteiger partial charge >= 0.3 is 0 Å². The van der Waals surface area contributed by atoms with Crippen LogP contribution < -0.4 is 0 Å². The highest BCUT2D eigenvalue weighted by Gasteiger charge is 2.58. The molecule has 7 atom stereocenters. The Hall–Kier alpha value is -0.340. The van der Waals surface area contributed by atoms with E-state index < -0.39 is 0 Å². The summed E-state index contributed by atoms with van der Waals surface area (Å²) in [6, 6.07) is 0. The molecule has 0 heterocycles. The topological polar surface area (TPSA) is 40.5 Å². The Labute approximate surface area is 128 Å². The Balaban J connectivity index is 1.68. The van der Waals surface area contributed by atoms with Crippen molar-refractivity contribution in [2.45, 2.75) is 77.4 Å². The molecule has 4 rings (SSSR count). The quantitative estimate of drug-likeness (QED) is 0.668. The number of hydrogen-bond acceptors (Lipinski definition) is 2. The minimum atomic E-state index is -0.108. The number of allylic oxidation sites excluding steroid dienone is 1. The predicted molar refractivity (Wildman–Crippen MR) is 83.7 cm³/mol. The predicted octanol–water partition coefficient (Wildman–Crippen LogP) is 3.67. The van der Waals surface area contributed by atoms with Gasteiger partial charge in [-0.1, -0.05) is 25.5 Å². The zero-order chi connectivity index (χ0) is 14.8. The fourth-order valence-corrected chi connectivity index (χ4v) is 6.61. The van der Waals surface area contributed by atoms with Gasteiger partial charge in [0.2, 0.25) is 0 Å². The van der Waals surface area contributed by atoms with Gasteiger partial charge in [0.05, 0.1) is 12.2 Å². The molecular formula is C19H30O2. The van der Waals surface area contributed by atoms with Crippen LogP contribution in [0.3, 0.4) is 0 Å². The summed E-state index contributed by atoms with van der Waals surface area (Å²) in [7, 11) is 0. The first-order valence-electron chi connectivity index (χ1n) is 9.01. The molecule has 118 valence electrons. The molecule has 0 aliphatic heterocycles. The number of aliphatic hydroxyl groups is 2. The van der Waals surface area contributed by atoms with Crippen molar-refractivity contribution >= 4 is 0 Å². The first-order chi connectivity index (χ1) is 9.95. The summed E-state index contributed by atoms with van der Waals surface area (Å²) >= 11 is 0. The van der Waals surface area contributed by atoms with E-state index in [1.54, 1.807) is 5.57 Å². The van der Waals surface area contributed by atoms with Crippen LogP contribution in [0.1, 0.15) is 65.2 Å². The molecule has 0 aromatic heterocycles. The molecular weight excluding hydrogens is 260 g/mol. The van der Waals surface area contributed by atoms with Crippen molar-refractivity contribution in [2.24, 2.45) is 28.6 Å². The van der Waals surface area contributed by atoms with Gasteiger partial charge < -0.3 is 10.2 Å². The molecule has 0 aromatic carbocycles. The smallest absolute Gasteiger partial charge is 0.0596 e. The Morgan fingerprint density at radius 1 is 1.00 bits per heavy atom. The molecule has 21 heavy (non-hydrogen) atoms. The van der Waals surface area contributed by atoms with Crippen LogP contribution in [0, 0.1) is 28.6 Å². The standard InChI is InChI=1S/C19H30O2/c1-18-9-7-13(20)11-12(18)3-4-14-15-5-6-17(21)19(15,2)10-8-16(14)18/h3,13-17,20-21H,4-11H2,1-2H3/t13-,14+,15-,16-,17+,18+,19-/m1/s1. The second-order valence-corrected chi connectivity index (χ2v) is 8.79. The lowest BCUT2D eigenvalue weighted by atomic mass is 9.48. The molecule has 0 bridgehead atoms. The van der Waals surface area contributed by atoms with E-state index in [4.69, 9.17) is 0 Å².